The molecule has 2 rings (SSSR count). The second-order valence-corrected chi connectivity index (χ2v) is 4.49. The van der Waals surface area contributed by atoms with Crippen molar-refractivity contribution < 1.29 is 0 Å². The Hall–Kier alpha value is -0.640. The Bertz CT molecular complexity index is 312. The molecule has 1 aromatic rings. The van der Waals surface area contributed by atoms with Crippen molar-refractivity contribution in [2.24, 2.45) is 5.92 Å². The van der Waals surface area contributed by atoms with Crippen LogP contribution in [0.4, 0.5) is 5.82 Å². The molecule has 0 spiro atoms. The zero-order valence-electron chi connectivity index (χ0n) is 8.28. The van der Waals surface area contributed by atoms with Gasteiger partial charge < -0.3 is 4.90 Å². The number of hydrogen-bond donors (Lipinski definition) is 0. The van der Waals surface area contributed by atoms with E-state index in [1.165, 1.54) is 12.8 Å². The van der Waals surface area contributed by atoms with Crippen molar-refractivity contribution in [2.75, 3.05) is 18.0 Å². The van der Waals surface area contributed by atoms with E-state index in [1.807, 2.05) is 6.07 Å². The molecule has 14 heavy (non-hydrogen) atoms. The number of halogens is 1. The highest BCUT2D eigenvalue weighted by Gasteiger charge is 2.24. The largest absolute Gasteiger partial charge is 0.356 e. The van der Waals surface area contributed by atoms with Gasteiger partial charge in [0, 0.05) is 19.2 Å². The van der Waals surface area contributed by atoms with Gasteiger partial charge in [-0.2, -0.15) is 0 Å². The number of aromatic nitrogens is 2. The average molecular weight is 256 g/mol. The zero-order chi connectivity index (χ0) is 9.97. The SMILES string of the molecule is CCN(CC1CC1)c1cc(Br)ncn1. The zero-order valence-corrected chi connectivity index (χ0v) is 9.87. The Morgan fingerprint density at radius 1 is 1.50 bits per heavy atom. The molecule has 1 aliphatic rings. The molecule has 0 amide bonds. The Balaban J connectivity index is 2.08. The molecule has 1 heterocycles. The lowest BCUT2D eigenvalue weighted by Gasteiger charge is -2.21. The lowest BCUT2D eigenvalue weighted by molar-refractivity contribution is 0.730. The van der Waals surface area contributed by atoms with Crippen LogP contribution in [-0.4, -0.2) is 23.1 Å². The Morgan fingerprint density at radius 2 is 2.29 bits per heavy atom. The predicted molar refractivity (Wildman–Crippen MR) is 60.3 cm³/mol. The molecule has 3 nitrogen and oxygen atoms in total. The maximum atomic E-state index is 4.28. The highest BCUT2D eigenvalue weighted by Crippen LogP contribution is 2.31. The van der Waals surface area contributed by atoms with E-state index in [1.54, 1.807) is 6.33 Å². The average Bonchev–Trinajstić information content (AvgIpc) is 2.98. The van der Waals surface area contributed by atoms with Gasteiger partial charge in [-0.05, 0) is 41.6 Å². The Kier molecular flexibility index (Phi) is 3.01. The molecule has 0 unspecified atom stereocenters. The molecular weight excluding hydrogens is 242 g/mol. The minimum atomic E-state index is 0.858. The monoisotopic (exact) mass is 255 g/mol. The molecule has 0 atom stereocenters. The Labute approximate surface area is 92.7 Å². The van der Waals surface area contributed by atoms with Crippen LogP contribution in [0.25, 0.3) is 0 Å². The van der Waals surface area contributed by atoms with Gasteiger partial charge >= 0.3 is 0 Å². The highest BCUT2D eigenvalue weighted by atomic mass is 79.9. The fourth-order valence-corrected chi connectivity index (χ4v) is 1.79. The predicted octanol–water partition coefficient (Wildman–Crippen LogP) is 2.48. The summed E-state index contributed by atoms with van der Waals surface area (Å²) >= 11 is 3.36. The molecule has 1 aliphatic carbocycles. The smallest absolute Gasteiger partial charge is 0.133 e. The van der Waals surface area contributed by atoms with Crippen LogP contribution >= 0.6 is 15.9 Å². The molecule has 1 saturated carbocycles. The molecular formula is C10H14BrN3. The summed E-state index contributed by atoms with van der Waals surface area (Å²) in [4.78, 5) is 10.6. The van der Waals surface area contributed by atoms with E-state index in [4.69, 9.17) is 0 Å². The van der Waals surface area contributed by atoms with E-state index >= 15 is 0 Å². The fourth-order valence-electron chi connectivity index (χ4n) is 1.49. The maximum absolute atomic E-state index is 4.28. The molecule has 0 aliphatic heterocycles. The fraction of sp³-hybridized carbons (Fsp3) is 0.600. The normalized spacial score (nSPS) is 15.6. The van der Waals surface area contributed by atoms with Gasteiger partial charge in [-0.3, -0.25) is 0 Å². The van der Waals surface area contributed by atoms with Gasteiger partial charge in [0.25, 0.3) is 0 Å². The van der Waals surface area contributed by atoms with Crippen LogP contribution in [0.2, 0.25) is 0 Å². The number of rotatable bonds is 4. The van der Waals surface area contributed by atoms with E-state index in [-0.39, 0.29) is 0 Å². The molecule has 0 bridgehead atoms. The summed E-state index contributed by atoms with van der Waals surface area (Å²) < 4.78 is 0.858. The third kappa shape index (κ3) is 2.44. The van der Waals surface area contributed by atoms with Crippen molar-refractivity contribution >= 4 is 21.7 Å². The first-order valence-corrected chi connectivity index (χ1v) is 5.81. The van der Waals surface area contributed by atoms with Gasteiger partial charge in [0.05, 0.1) is 0 Å². The van der Waals surface area contributed by atoms with E-state index in [9.17, 15) is 0 Å². The summed E-state index contributed by atoms with van der Waals surface area (Å²) in [6.45, 7) is 4.32. The van der Waals surface area contributed by atoms with E-state index in [0.717, 1.165) is 29.4 Å². The summed E-state index contributed by atoms with van der Waals surface area (Å²) in [5, 5.41) is 0. The molecule has 76 valence electrons. The summed E-state index contributed by atoms with van der Waals surface area (Å²) in [6, 6.07) is 1.98. The van der Waals surface area contributed by atoms with Crippen LogP contribution in [0, 0.1) is 5.92 Å². The van der Waals surface area contributed by atoms with Gasteiger partial charge in [0.1, 0.15) is 16.7 Å². The van der Waals surface area contributed by atoms with Crippen molar-refractivity contribution in [2.45, 2.75) is 19.8 Å². The number of hydrogen-bond acceptors (Lipinski definition) is 3. The van der Waals surface area contributed by atoms with Crippen molar-refractivity contribution in [3.05, 3.63) is 17.0 Å². The van der Waals surface area contributed by atoms with Crippen LogP contribution in [0.1, 0.15) is 19.8 Å². The third-order valence-corrected chi connectivity index (χ3v) is 2.93. The van der Waals surface area contributed by atoms with Crippen LogP contribution in [0.3, 0.4) is 0 Å². The molecule has 4 heteroatoms. The second-order valence-electron chi connectivity index (χ2n) is 3.68. The van der Waals surface area contributed by atoms with Gasteiger partial charge in [0.15, 0.2) is 0 Å². The maximum Gasteiger partial charge on any atom is 0.133 e. The first-order chi connectivity index (χ1) is 6.79. The molecule has 1 fully saturated rings. The second kappa shape index (κ2) is 4.26. The first-order valence-electron chi connectivity index (χ1n) is 5.02. The molecule has 0 aromatic carbocycles. The molecule has 0 radical (unpaired) electrons. The molecule has 0 N–H and O–H groups in total. The lowest BCUT2D eigenvalue weighted by atomic mass is 10.3. The van der Waals surface area contributed by atoms with Crippen LogP contribution in [0.15, 0.2) is 17.0 Å². The van der Waals surface area contributed by atoms with Crippen LogP contribution in [-0.2, 0) is 0 Å². The van der Waals surface area contributed by atoms with Crippen molar-refractivity contribution in [3.63, 3.8) is 0 Å². The van der Waals surface area contributed by atoms with Crippen molar-refractivity contribution in [1.29, 1.82) is 0 Å². The van der Waals surface area contributed by atoms with E-state index in [2.05, 4.69) is 37.7 Å². The van der Waals surface area contributed by atoms with E-state index in [0.29, 0.717) is 0 Å². The van der Waals surface area contributed by atoms with Gasteiger partial charge in [-0.1, -0.05) is 0 Å². The van der Waals surface area contributed by atoms with Crippen LogP contribution in [0.5, 0.6) is 0 Å². The summed E-state index contributed by atoms with van der Waals surface area (Å²) in [7, 11) is 0. The summed E-state index contributed by atoms with van der Waals surface area (Å²) in [5.41, 5.74) is 0. The number of anilines is 1. The minimum absolute atomic E-state index is 0.858. The molecule has 0 saturated heterocycles. The van der Waals surface area contributed by atoms with Crippen molar-refractivity contribution in [3.8, 4) is 0 Å². The standard InChI is InChI=1S/C10H14BrN3/c1-2-14(6-8-3-4-8)10-5-9(11)12-7-13-10/h5,7-8H,2-4,6H2,1H3. The van der Waals surface area contributed by atoms with Gasteiger partial charge in [0.2, 0.25) is 0 Å². The minimum Gasteiger partial charge on any atom is -0.356 e. The summed E-state index contributed by atoms with van der Waals surface area (Å²) in [6.07, 6.45) is 4.36. The topological polar surface area (TPSA) is 29.0 Å². The third-order valence-electron chi connectivity index (χ3n) is 2.50. The quantitative estimate of drug-likeness (QED) is 0.775. The Morgan fingerprint density at radius 3 is 2.86 bits per heavy atom. The molecule has 1 aromatic heterocycles. The van der Waals surface area contributed by atoms with E-state index < -0.39 is 0 Å². The number of nitrogens with zero attached hydrogens (tertiary/aromatic N) is 3. The first kappa shape index (κ1) is 9.90. The summed E-state index contributed by atoms with van der Waals surface area (Å²) in [5.74, 6) is 1.92. The van der Waals surface area contributed by atoms with Crippen LogP contribution < -0.4 is 4.90 Å². The van der Waals surface area contributed by atoms with Gasteiger partial charge in [-0.25, -0.2) is 9.97 Å². The lowest BCUT2D eigenvalue weighted by Crippen LogP contribution is -2.26. The van der Waals surface area contributed by atoms with Gasteiger partial charge in [-0.15, -0.1) is 0 Å². The van der Waals surface area contributed by atoms with Crippen molar-refractivity contribution in [1.82, 2.24) is 9.97 Å². The highest BCUT2D eigenvalue weighted by molar-refractivity contribution is 9.10.